The van der Waals surface area contributed by atoms with Gasteiger partial charge in [0.05, 0.1) is 0 Å². The molecule has 4 heteroatoms. The zero-order valence-electron chi connectivity index (χ0n) is 8.42. The Morgan fingerprint density at radius 3 is 2.46 bits per heavy atom. The first kappa shape index (κ1) is 13.2. The van der Waals surface area contributed by atoms with Gasteiger partial charge in [-0.2, -0.15) is 0 Å². The van der Waals surface area contributed by atoms with E-state index >= 15 is 0 Å². The van der Waals surface area contributed by atoms with Crippen LogP contribution in [0.5, 0.6) is 0 Å². The number of nitrogens with zero attached hydrogens (tertiary/aromatic N) is 1. The van der Waals surface area contributed by atoms with Crippen LogP contribution in [-0.2, 0) is 4.79 Å². The van der Waals surface area contributed by atoms with Crippen LogP contribution < -0.4 is 5.73 Å². The molecule has 0 aliphatic heterocycles. The highest BCUT2D eigenvalue weighted by Gasteiger charge is 2.15. The lowest BCUT2D eigenvalue weighted by molar-refractivity contribution is -0.134. The van der Waals surface area contributed by atoms with E-state index in [-0.39, 0.29) is 11.8 Å². The molecule has 0 rings (SSSR count). The summed E-state index contributed by atoms with van der Waals surface area (Å²) in [6, 6.07) is 0. The number of carbonyl (C=O) groups is 1. The summed E-state index contributed by atoms with van der Waals surface area (Å²) in [6.45, 7) is 5.94. The first-order valence-electron chi connectivity index (χ1n) is 4.68. The molecule has 0 radical (unpaired) electrons. The van der Waals surface area contributed by atoms with E-state index in [9.17, 15) is 4.79 Å². The molecule has 0 aliphatic carbocycles. The second kappa shape index (κ2) is 7.55. The predicted octanol–water partition coefficient (Wildman–Crippen LogP) is 1.25. The molecule has 2 N–H and O–H groups in total. The van der Waals surface area contributed by atoms with Crippen LogP contribution in [-0.4, -0.2) is 34.9 Å². The van der Waals surface area contributed by atoms with Gasteiger partial charge in [0.15, 0.2) is 0 Å². The highest BCUT2D eigenvalue weighted by atomic mass is 127. The summed E-state index contributed by atoms with van der Waals surface area (Å²) in [4.78, 5) is 13.5. The Hall–Kier alpha value is 0.160. The van der Waals surface area contributed by atoms with Gasteiger partial charge in [0.25, 0.3) is 0 Å². The molecule has 0 saturated carbocycles. The van der Waals surface area contributed by atoms with E-state index < -0.39 is 0 Å². The van der Waals surface area contributed by atoms with Crippen LogP contribution in [0, 0.1) is 5.92 Å². The average Bonchev–Trinajstić information content (AvgIpc) is 2.11. The van der Waals surface area contributed by atoms with Gasteiger partial charge in [-0.1, -0.05) is 36.4 Å². The van der Waals surface area contributed by atoms with E-state index in [1.165, 1.54) is 0 Å². The van der Waals surface area contributed by atoms with E-state index in [4.69, 9.17) is 5.73 Å². The van der Waals surface area contributed by atoms with Crippen molar-refractivity contribution in [1.82, 2.24) is 4.90 Å². The van der Waals surface area contributed by atoms with E-state index in [1.807, 2.05) is 18.7 Å². The van der Waals surface area contributed by atoms with Gasteiger partial charge < -0.3 is 10.6 Å². The molecule has 0 fully saturated rings. The molecule has 0 aromatic carbocycles. The average molecular weight is 298 g/mol. The van der Waals surface area contributed by atoms with Crippen molar-refractivity contribution in [3.8, 4) is 0 Å². The van der Waals surface area contributed by atoms with Crippen molar-refractivity contribution in [2.24, 2.45) is 11.7 Å². The number of nitrogens with two attached hydrogens (primary N) is 1. The van der Waals surface area contributed by atoms with Crippen LogP contribution in [0.2, 0.25) is 0 Å². The fourth-order valence-corrected chi connectivity index (χ4v) is 1.44. The minimum absolute atomic E-state index is 0.0840. The van der Waals surface area contributed by atoms with Gasteiger partial charge >= 0.3 is 0 Å². The largest absolute Gasteiger partial charge is 0.341 e. The number of carbonyl (C=O) groups excluding carboxylic acids is 1. The maximum absolute atomic E-state index is 11.6. The molecular weight excluding hydrogens is 279 g/mol. The summed E-state index contributed by atoms with van der Waals surface area (Å²) in [5.74, 6) is 0.302. The van der Waals surface area contributed by atoms with E-state index in [2.05, 4.69) is 22.6 Å². The molecule has 0 atom stereocenters. The summed E-state index contributed by atoms with van der Waals surface area (Å²) in [7, 11) is 0. The molecule has 13 heavy (non-hydrogen) atoms. The molecule has 0 saturated heterocycles. The van der Waals surface area contributed by atoms with Crippen molar-refractivity contribution < 1.29 is 4.79 Å². The number of alkyl halides is 1. The molecule has 0 aromatic heterocycles. The maximum atomic E-state index is 11.6. The van der Waals surface area contributed by atoms with Gasteiger partial charge in [0.2, 0.25) is 5.91 Å². The number of hydrogen-bond donors (Lipinski definition) is 1. The van der Waals surface area contributed by atoms with Gasteiger partial charge in [-0.3, -0.25) is 4.79 Å². The molecule has 78 valence electrons. The highest BCUT2D eigenvalue weighted by Crippen LogP contribution is 2.02. The summed E-state index contributed by atoms with van der Waals surface area (Å²) in [5.41, 5.74) is 5.44. The van der Waals surface area contributed by atoms with E-state index in [0.717, 1.165) is 17.4 Å². The van der Waals surface area contributed by atoms with Crippen LogP contribution in [0.25, 0.3) is 0 Å². The van der Waals surface area contributed by atoms with Crippen molar-refractivity contribution in [3.63, 3.8) is 0 Å². The Labute approximate surface area is 94.2 Å². The third kappa shape index (κ3) is 5.46. The zero-order valence-corrected chi connectivity index (χ0v) is 10.6. The standard InChI is InChI=1S/C9H19IN2O/c1-8(2)9(13)12(7-5-11)6-3-4-10/h8H,3-7,11H2,1-2H3. The second-order valence-electron chi connectivity index (χ2n) is 3.31. The summed E-state index contributed by atoms with van der Waals surface area (Å²) in [5, 5.41) is 0. The molecule has 0 spiro atoms. The molecular formula is C9H19IN2O. The minimum Gasteiger partial charge on any atom is -0.341 e. The minimum atomic E-state index is 0.0840. The highest BCUT2D eigenvalue weighted by molar-refractivity contribution is 14.1. The van der Waals surface area contributed by atoms with Gasteiger partial charge in [-0.25, -0.2) is 0 Å². The first-order chi connectivity index (χ1) is 6.13. The maximum Gasteiger partial charge on any atom is 0.225 e. The molecule has 0 aromatic rings. The first-order valence-corrected chi connectivity index (χ1v) is 6.20. The smallest absolute Gasteiger partial charge is 0.225 e. The Morgan fingerprint density at radius 1 is 1.46 bits per heavy atom. The Morgan fingerprint density at radius 2 is 2.08 bits per heavy atom. The van der Waals surface area contributed by atoms with Crippen molar-refractivity contribution >= 4 is 28.5 Å². The SMILES string of the molecule is CC(C)C(=O)N(CCN)CCCI. The molecule has 1 amide bonds. The third-order valence-electron chi connectivity index (χ3n) is 1.77. The second-order valence-corrected chi connectivity index (χ2v) is 4.39. The topological polar surface area (TPSA) is 46.3 Å². The molecule has 0 bridgehead atoms. The van der Waals surface area contributed by atoms with E-state index in [1.54, 1.807) is 0 Å². The van der Waals surface area contributed by atoms with Crippen LogP contribution in [0.4, 0.5) is 0 Å². The summed E-state index contributed by atoms with van der Waals surface area (Å²) in [6.07, 6.45) is 1.05. The van der Waals surface area contributed by atoms with Gasteiger partial charge in [0, 0.05) is 30.0 Å². The number of rotatable bonds is 6. The van der Waals surface area contributed by atoms with Crippen LogP contribution in [0.1, 0.15) is 20.3 Å². The van der Waals surface area contributed by atoms with Gasteiger partial charge in [-0.05, 0) is 6.42 Å². The molecule has 0 heterocycles. The van der Waals surface area contributed by atoms with Crippen LogP contribution in [0.15, 0.2) is 0 Å². The summed E-state index contributed by atoms with van der Waals surface area (Å²) < 4.78 is 1.09. The van der Waals surface area contributed by atoms with E-state index in [0.29, 0.717) is 13.1 Å². The van der Waals surface area contributed by atoms with Crippen LogP contribution >= 0.6 is 22.6 Å². The van der Waals surface area contributed by atoms with Crippen molar-refractivity contribution in [2.75, 3.05) is 24.1 Å². The zero-order chi connectivity index (χ0) is 10.3. The Bertz CT molecular complexity index is 151. The van der Waals surface area contributed by atoms with Crippen molar-refractivity contribution in [3.05, 3.63) is 0 Å². The lowest BCUT2D eigenvalue weighted by Gasteiger charge is -2.23. The number of amides is 1. The monoisotopic (exact) mass is 298 g/mol. The molecule has 0 unspecified atom stereocenters. The normalized spacial score (nSPS) is 10.5. The predicted molar refractivity (Wildman–Crippen MR) is 64.0 cm³/mol. The quantitative estimate of drug-likeness (QED) is 0.593. The molecule has 3 nitrogen and oxygen atoms in total. The fourth-order valence-electron chi connectivity index (χ4n) is 1.10. The third-order valence-corrected chi connectivity index (χ3v) is 2.53. The number of hydrogen-bond acceptors (Lipinski definition) is 2. The van der Waals surface area contributed by atoms with Crippen molar-refractivity contribution in [2.45, 2.75) is 20.3 Å². The Balaban J connectivity index is 3.99. The van der Waals surface area contributed by atoms with Crippen molar-refractivity contribution in [1.29, 1.82) is 0 Å². The lowest BCUT2D eigenvalue weighted by atomic mass is 10.2. The lowest BCUT2D eigenvalue weighted by Crippen LogP contribution is -2.38. The number of halogens is 1. The van der Waals surface area contributed by atoms with Gasteiger partial charge in [0.1, 0.15) is 0 Å². The molecule has 0 aliphatic rings. The Kier molecular flexibility index (Phi) is 7.65. The fraction of sp³-hybridized carbons (Fsp3) is 0.889. The van der Waals surface area contributed by atoms with Crippen LogP contribution in [0.3, 0.4) is 0 Å². The summed E-state index contributed by atoms with van der Waals surface area (Å²) >= 11 is 2.32. The van der Waals surface area contributed by atoms with Gasteiger partial charge in [-0.15, -0.1) is 0 Å².